The minimum atomic E-state index is -1.77. The van der Waals surface area contributed by atoms with E-state index in [1.165, 1.54) is 70.6 Å². The Kier molecular flexibility index (Phi) is 34.6. The van der Waals surface area contributed by atoms with Crippen molar-refractivity contribution >= 4 is 11.9 Å². The molecule has 0 aliphatic carbocycles. The SMILES string of the molecule is CCCCC/C=C/C/C=C/C/C=C/CCCCC(=O)OC[C@H](CO[C@@H]1O[C@H](CO[C@@H]2O[C@H](CO)[C@H](O)C(O)C2O)[C@H](O)C(O)C1O)OC(=O)CCCCC/C=C/CCCCCCCCCC. The first kappa shape index (κ1) is 59.6. The van der Waals surface area contributed by atoms with E-state index in [4.69, 9.17) is 28.4 Å². The molecule has 382 valence electrons. The molecular weight excluding hydrogens is 853 g/mol. The number of aliphatic hydroxyl groups excluding tert-OH is 7. The first-order chi connectivity index (χ1) is 32.0. The van der Waals surface area contributed by atoms with Gasteiger partial charge in [0.2, 0.25) is 0 Å². The highest BCUT2D eigenvalue weighted by molar-refractivity contribution is 5.70. The lowest BCUT2D eigenvalue weighted by Crippen LogP contribution is -2.61. The summed E-state index contributed by atoms with van der Waals surface area (Å²) < 4.78 is 33.5. The minimum Gasteiger partial charge on any atom is -0.462 e. The molecule has 0 aromatic rings. The van der Waals surface area contributed by atoms with Crippen molar-refractivity contribution in [3.8, 4) is 0 Å². The van der Waals surface area contributed by atoms with Crippen molar-refractivity contribution in [2.75, 3.05) is 26.4 Å². The Morgan fingerprint density at radius 3 is 1.50 bits per heavy atom. The molecule has 66 heavy (non-hydrogen) atoms. The molecule has 2 heterocycles. The van der Waals surface area contributed by atoms with E-state index >= 15 is 0 Å². The van der Waals surface area contributed by atoms with Gasteiger partial charge in [-0.1, -0.05) is 127 Å². The van der Waals surface area contributed by atoms with Crippen molar-refractivity contribution in [2.24, 2.45) is 0 Å². The summed E-state index contributed by atoms with van der Waals surface area (Å²) in [5.41, 5.74) is 0. The number of carbonyl (C=O) groups is 2. The molecule has 0 bridgehead atoms. The topological polar surface area (TPSA) is 231 Å². The molecule has 0 aromatic carbocycles. The van der Waals surface area contributed by atoms with Crippen LogP contribution in [-0.4, -0.2) is 142 Å². The van der Waals surface area contributed by atoms with Crippen LogP contribution in [0, 0.1) is 0 Å². The van der Waals surface area contributed by atoms with E-state index in [1.54, 1.807) is 0 Å². The number of hydrogen-bond acceptors (Lipinski definition) is 15. The molecule has 0 radical (unpaired) electrons. The van der Waals surface area contributed by atoms with Crippen LogP contribution < -0.4 is 0 Å². The molecule has 0 aromatic heterocycles. The minimum absolute atomic E-state index is 0.136. The molecule has 0 spiro atoms. The molecular formula is C51H88O15. The van der Waals surface area contributed by atoms with Gasteiger partial charge in [0.1, 0.15) is 55.4 Å². The highest BCUT2D eigenvalue weighted by Gasteiger charge is 2.47. The van der Waals surface area contributed by atoms with Crippen LogP contribution in [0.4, 0.5) is 0 Å². The smallest absolute Gasteiger partial charge is 0.306 e. The van der Waals surface area contributed by atoms with E-state index in [0.29, 0.717) is 12.8 Å². The lowest BCUT2D eigenvalue weighted by atomic mass is 9.98. The molecule has 2 aliphatic rings. The predicted molar refractivity (Wildman–Crippen MR) is 252 cm³/mol. The normalized spacial score (nSPS) is 26.6. The van der Waals surface area contributed by atoms with Crippen LogP contribution in [0.25, 0.3) is 0 Å². The van der Waals surface area contributed by atoms with Crippen molar-refractivity contribution in [1.82, 2.24) is 0 Å². The van der Waals surface area contributed by atoms with E-state index in [-0.39, 0.29) is 19.4 Å². The van der Waals surface area contributed by atoms with Crippen LogP contribution in [0.15, 0.2) is 48.6 Å². The van der Waals surface area contributed by atoms with Gasteiger partial charge in [0.15, 0.2) is 18.7 Å². The second kappa shape index (κ2) is 38.3. The monoisotopic (exact) mass is 941 g/mol. The Hall–Kier alpha value is -2.54. The number of carbonyl (C=O) groups excluding carboxylic acids is 2. The lowest BCUT2D eigenvalue weighted by molar-refractivity contribution is -0.332. The first-order valence-corrected chi connectivity index (χ1v) is 25.2. The molecule has 7 N–H and O–H groups in total. The van der Waals surface area contributed by atoms with Crippen LogP contribution in [0.3, 0.4) is 0 Å². The summed E-state index contributed by atoms with van der Waals surface area (Å²) in [7, 11) is 0. The van der Waals surface area contributed by atoms with Gasteiger partial charge in [-0.15, -0.1) is 0 Å². The summed E-state index contributed by atoms with van der Waals surface area (Å²) in [6.45, 7) is 2.49. The van der Waals surface area contributed by atoms with E-state index in [1.807, 2.05) is 0 Å². The number of ether oxygens (including phenoxy) is 6. The number of hydrogen-bond donors (Lipinski definition) is 7. The average Bonchev–Trinajstić information content (AvgIpc) is 3.31. The third kappa shape index (κ3) is 26.3. The van der Waals surface area contributed by atoms with E-state index < -0.39 is 99.3 Å². The molecule has 2 saturated heterocycles. The molecule has 15 nitrogen and oxygen atoms in total. The highest BCUT2D eigenvalue weighted by Crippen LogP contribution is 2.26. The summed E-state index contributed by atoms with van der Waals surface area (Å²) in [6.07, 6.45) is 24.3. The lowest BCUT2D eigenvalue weighted by Gasteiger charge is -2.42. The number of unbranched alkanes of at least 4 members (excludes halogenated alkanes) is 16. The summed E-state index contributed by atoms with van der Waals surface area (Å²) >= 11 is 0. The molecule has 2 fully saturated rings. The Bertz CT molecular complexity index is 1340. The Labute approximate surface area is 395 Å². The number of aliphatic hydroxyl groups is 7. The van der Waals surface area contributed by atoms with Gasteiger partial charge in [-0.2, -0.15) is 0 Å². The van der Waals surface area contributed by atoms with Crippen LogP contribution in [0.5, 0.6) is 0 Å². The molecule has 2 aliphatic heterocycles. The zero-order chi connectivity index (χ0) is 48.2. The maximum atomic E-state index is 13.0. The van der Waals surface area contributed by atoms with Crippen molar-refractivity contribution in [3.05, 3.63) is 48.6 Å². The van der Waals surface area contributed by atoms with Gasteiger partial charge in [0.25, 0.3) is 0 Å². The second-order valence-corrected chi connectivity index (χ2v) is 17.6. The third-order valence-electron chi connectivity index (χ3n) is 11.8. The van der Waals surface area contributed by atoms with Crippen LogP contribution >= 0.6 is 0 Å². The maximum Gasteiger partial charge on any atom is 0.306 e. The van der Waals surface area contributed by atoms with Gasteiger partial charge in [0.05, 0.1) is 19.8 Å². The molecule has 0 saturated carbocycles. The fraction of sp³-hybridized carbons (Fsp3) is 0.804. The van der Waals surface area contributed by atoms with E-state index in [0.717, 1.165) is 57.8 Å². The van der Waals surface area contributed by atoms with Crippen LogP contribution in [-0.2, 0) is 38.0 Å². The molecule has 2 rings (SSSR count). The second-order valence-electron chi connectivity index (χ2n) is 17.6. The van der Waals surface area contributed by atoms with Gasteiger partial charge >= 0.3 is 11.9 Å². The van der Waals surface area contributed by atoms with Crippen molar-refractivity contribution < 1.29 is 73.8 Å². The van der Waals surface area contributed by atoms with E-state index in [9.17, 15) is 45.3 Å². The summed E-state index contributed by atoms with van der Waals surface area (Å²) in [5, 5.41) is 72.0. The first-order valence-electron chi connectivity index (χ1n) is 25.2. The quantitative estimate of drug-likeness (QED) is 0.0194. The Morgan fingerprint density at radius 1 is 0.485 bits per heavy atom. The Morgan fingerprint density at radius 2 is 0.909 bits per heavy atom. The van der Waals surface area contributed by atoms with E-state index in [2.05, 4.69) is 62.5 Å². The van der Waals surface area contributed by atoms with Gasteiger partial charge in [-0.25, -0.2) is 0 Å². The Balaban J connectivity index is 1.85. The van der Waals surface area contributed by atoms with Crippen LogP contribution in [0.1, 0.15) is 168 Å². The van der Waals surface area contributed by atoms with Crippen molar-refractivity contribution in [2.45, 2.75) is 235 Å². The standard InChI is InChI=1S/C51H88O15/c1-3-5-7-9-11-13-15-17-19-21-23-25-27-29-31-33-42(53)61-36-39(64-43(54)34-32-30-28-26-24-22-20-18-16-14-12-10-8-6-4-2)37-62-50-49(60)47(58)45(56)41(66-50)38-63-51-48(59)46(57)44(55)40(35-52)65-51/h11,13,17,19,22-25,39-41,44-52,55-60H,3-10,12,14-16,18,20-21,26-38H2,1-2H3/b13-11+,19-17+,24-22+,25-23+/t39-,40-,41-,44+,45+,46?,47?,48?,49?,50-,51-/m1/s1. The largest absolute Gasteiger partial charge is 0.462 e. The summed E-state index contributed by atoms with van der Waals surface area (Å²) in [5.74, 6) is -0.990. The van der Waals surface area contributed by atoms with Gasteiger partial charge in [-0.05, 0) is 77.0 Å². The maximum absolute atomic E-state index is 13.0. The summed E-state index contributed by atoms with van der Waals surface area (Å²) in [4.78, 5) is 25.7. The van der Waals surface area contributed by atoms with Gasteiger partial charge < -0.3 is 64.2 Å². The fourth-order valence-corrected chi connectivity index (χ4v) is 7.57. The fourth-order valence-electron chi connectivity index (χ4n) is 7.57. The zero-order valence-corrected chi connectivity index (χ0v) is 40.2. The number of rotatable bonds is 38. The highest BCUT2D eigenvalue weighted by atomic mass is 16.7. The van der Waals surface area contributed by atoms with Gasteiger partial charge in [-0.3, -0.25) is 9.59 Å². The van der Waals surface area contributed by atoms with Crippen LogP contribution in [0.2, 0.25) is 0 Å². The number of esters is 2. The number of allylic oxidation sites excluding steroid dienone is 8. The van der Waals surface area contributed by atoms with Gasteiger partial charge in [0, 0.05) is 12.8 Å². The molecule has 15 heteroatoms. The predicted octanol–water partition coefficient (Wildman–Crippen LogP) is 6.71. The molecule has 0 amide bonds. The summed E-state index contributed by atoms with van der Waals surface area (Å²) in [6, 6.07) is 0. The zero-order valence-electron chi connectivity index (χ0n) is 40.2. The molecule has 11 atom stereocenters. The third-order valence-corrected chi connectivity index (χ3v) is 11.8. The van der Waals surface area contributed by atoms with Crippen molar-refractivity contribution in [1.29, 1.82) is 0 Å². The molecule has 4 unspecified atom stereocenters. The van der Waals surface area contributed by atoms with Crippen molar-refractivity contribution in [3.63, 3.8) is 0 Å². The average molecular weight is 941 g/mol.